The number of carbonyl (C=O) groups is 1. The van der Waals surface area contributed by atoms with Gasteiger partial charge in [-0.1, -0.05) is 0 Å². The molecule has 1 aliphatic rings. The molecule has 0 radical (unpaired) electrons. The topological polar surface area (TPSA) is 53.4 Å². The van der Waals surface area contributed by atoms with Crippen molar-refractivity contribution in [1.29, 1.82) is 0 Å². The number of likely N-dealkylation sites (N-methyl/N-ethyl adjacent to an activating group) is 1. The van der Waals surface area contributed by atoms with Gasteiger partial charge in [-0.05, 0) is 44.0 Å². The van der Waals surface area contributed by atoms with Gasteiger partial charge in [0.25, 0.3) is 0 Å². The summed E-state index contributed by atoms with van der Waals surface area (Å²) in [5.74, 6) is -0.645. The molecule has 1 heterocycles. The van der Waals surface area contributed by atoms with Gasteiger partial charge in [0.2, 0.25) is 0 Å². The lowest BCUT2D eigenvalue weighted by Gasteiger charge is -2.20. The molecule has 92 valence electrons. The quantitative estimate of drug-likeness (QED) is 0.808. The monoisotopic (exact) mass is 234 g/mol. The summed E-state index contributed by atoms with van der Waals surface area (Å²) in [5.41, 5.74) is 0.791. The first-order valence-electron chi connectivity index (χ1n) is 5.93. The molecule has 0 saturated heterocycles. The minimum Gasteiger partial charge on any atom is -0.481 e. The zero-order chi connectivity index (χ0) is 12.3. The molecule has 0 bridgehead atoms. The number of hydrogen-bond acceptors (Lipinski definition) is 3. The van der Waals surface area contributed by atoms with Gasteiger partial charge in [0, 0.05) is 25.5 Å². The van der Waals surface area contributed by atoms with Crippen LogP contribution >= 0.6 is 0 Å². The number of nitrogens with zero attached hydrogens (tertiary/aromatic N) is 2. The normalized spacial score (nSPS) is 17.1. The molecule has 1 N–H and O–H groups in total. The zero-order valence-electron chi connectivity index (χ0n) is 10.1. The highest BCUT2D eigenvalue weighted by molar-refractivity contribution is 5.78. The van der Waals surface area contributed by atoms with Crippen molar-refractivity contribution in [2.45, 2.75) is 19.3 Å². The van der Waals surface area contributed by atoms with E-state index in [9.17, 15) is 4.79 Å². The minimum absolute atomic E-state index is 0.451. The molecule has 1 fully saturated rings. The Labute approximate surface area is 101 Å². The summed E-state index contributed by atoms with van der Waals surface area (Å²) in [7, 11) is 1.99. The van der Waals surface area contributed by atoms with E-state index in [1.54, 1.807) is 12.4 Å². The maximum Gasteiger partial charge on any atom is 0.310 e. The van der Waals surface area contributed by atoms with Gasteiger partial charge in [0.05, 0.1) is 5.41 Å². The number of carboxylic acid groups (broad SMARTS) is 1. The highest BCUT2D eigenvalue weighted by atomic mass is 16.4. The average Bonchev–Trinajstić information content (AvgIpc) is 3.09. The van der Waals surface area contributed by atoms with Crippen molar-refractivity contribution in [2.75, 3.05) is 20.1 Å². The zero-order valence-corrected chi connectivity index (χ0v) is 10.1. The van der Waals surface area contributed by atoms with Crippen molar-refractivity contribution >= 4 is 5.97 Å². The lowest BCUT2D eigenvalue weighted by Crippen LogP contribution is -2.33. The largest absolute Gasteiger partial charge is 0.481 e. The summed E-state index contributed by atoms with van der Waals surface area (Å²) < 4.78 is 0. The summed E-state index contributed by atoms with van der Waals surface area (Å²) in [6.45, 7) is 1.55. The molecule has 2 rings (SSSR count). The predicted octanol–water partition coefficient (Wildman–Crippen LogP) is 1.42. The maximum atomic E-state index is 11.1. The summed E-state index contributed by atoms with van der Waals surface area (Å²) in [4.78, 5) is 17.1. The molecule has 0 unspecified atom stereocenters. The summed E-state index contributed by atoms with van der Waals surface area (Å²) >= 11 is 0. The van der Waals surface area contributed by atoms with Crippen molar-refractivity contribution in [1.82, 2.24) is 9.88 Å². The molecule has 4 nitrogen and oxygen atoms in total. The highest BCUT2D eigenvalue weighted by Crippen LogP contribution is 2.46. The summed E-state index contributed by atoms with van der Waals surface area (Å²) in [5, 5.41) is 9.10. The van der Waals surface area contributed by atoms with E-state index >= 15 is 0 Å². The Hall–Kier alpha value is -1.42. The van der Waals surface area contributed by atoms with Crippen LogP contribution in [-0.4, -0.2) is 41.1 Å². The van der Waals surface area contributed by atoms with Crippen LogP contribution in [0.3, 0.4) is 0 Å². The molecule has 0 atom stereocenters. The van der Waals surface area contributed by atoms with Crippen LogP contribution in [0, 0.1) is 5.41 Å². The lowest BCUT2D eigenvalue weighted by molar-refractivity contribution is -0.144. The third-order valence-electron chi connectivity index (χ3n) is 3.41. The van der Waals surface area contributed by atoms with E-state index in [0.29, 0.717) is 6.54 Å². The van der Waals surface area contributed by atoms with Crippen molar-refractivity contribution in [2.24, 2.45) is 5.41 Å². The van der Waals surface area contributed by atoms with Crippen LogP contribution in [0.4, 0.5) is 0 Å². The third-order valence-corrected chi connectivity index (χ3v) is 3.41. The van der Waals surface area contributed by atoms with Gasteiger partial charge >= 0.3 is 5.97 Å². The second-order valence-electron chi connectivity index (χ2n) is 4.93. The van der Waals surface area contributed by atoms with Crippen LogP contribution in [0.5, 0.6) is 0 Å². The molecular weight excluding hydrogens is 216 g/mol. The van der Waals surface area contributed by atoms with Crippen LogP contribution in [0.25, 0.3) is 0 Å². The molecule has 4 heteroatoms. The Bertz CT molecular complexity index is 388. The minimum atomic E-state index is -0.645. The van der Waals surface area contributed by atoms with Crippen LogP contribution in [0.2, 0.25) is 0 Å². The van der Waals surface area contributed by atoms with Gasteiger partial charge in [0.15, 0.2) is 0 Å². The van der Waals surface area contributed by atoms with E-state index < -0.39 is 11.4 Å². The van der Waals surface area contributed by atoms with E-state index in [1.807, 2.05) is 19.2 Å². The van der Waals surface area contributed by atoms with Crippen LogP contribution in [0.1, 0.15) is 18.4 Å². The molecule has 17 heavy (non-hydrogen) atoms. The fourth-order valence-corrected chi connectivity index (χ4v) is 2.06. The Morgan fingerprint density at radius 2 is 2.12 bits per heavy atom. The second kappa shape index (κ2) is 4.84. The molecule has 1 aliphatic carbocycles. The van der Waals surface area contributed by atoms with E-state index in [1.165, 1.54) is 5.56 Å². The number of rotatable bonds is 6. The predicted molar refractivity (Wildman–Crippen MR) is 64.7 cm³/mol. The number of aromatic nitrogens is 1. The number of carboxylic acids is 1. The van der Waals surface area contributed by atoms with Crippen LogP contribution < -0.4 is 0 Å². The fourth-order valence-electron chi connectivity index (χ4n) is 2.06. The summed E-state index contributed by atoms with van der Waals surface area (Å²) in [6, 6.07) is 4.00. The Balaban J connectivity index is 1.79. The van der Waals surface area contributed by atoms with Gasteiger partial charge in [-0.25, -0.2) is 0 Å². The first kappa shape index (κ1) is 12.0. The van der Waals surface area contributed by atoms with Crippen LogP contribution in [0.15, 0.2) is 24.5 Å². The molecule has 1 aromatic rings. The van der Waals surface area contributed by atoms with Gasteiger partial charge in [-0.2, -0.15) is 0 Å². The van der Waals surface area contributed by atoms with Gasteiger partial charge < -0.3 is 10.0 Å². The Kier molecular flexibility index (Phi) is 3.43. The average molecular weight is 234 g/mol. The van der Waals surface area contributed by atoms with Gasteiger partial charge in [-0.3, -0.25) is 9.78 Å². The smallest absolute Gasteiger partial charge is 0.310 e. The van der Waals surface area contributed by atoms with Crippen molar-refractivity contribution in [3.8, 4) is 0 Å². The SMILES string of the molecule is CN(CCc1ccncc1)CC1(C(=O)O)CC1. The molecule has 0 aliphatic heterocycles. The van der Waals surface area contributed by atoms with Crippen molar-refractivity contribution in [3.63, 3.8) is 0 Å². The van der Waals surface area contributed by atoms with Crippen molar-refractivity contribution < 1.29 is 9.90 Å². The second-order valence-corrected chi connectivity index (χ2v) is 4.93. The van der Waals surface area contributed by atoms with Gasteiger partial charge in [-0.15, -0.1) is 0 Å². The van der Waals surface area contributed by atoms with Crippen LogP contribution in [-0.2, 0) is 11.2 Å². The summed E-state index contributed by atoms with van der Waals surface area (Å²) in [6.07, 6.45) is 6.16. The fraction of sp³-hybridized carbons (Fsp3) is 0.538. The van der Waals surface area contributed by atoms with E-state index in [2.05, 4.69) is 9.88 Å². The standard InChI is InChI=1S/C13H18N2O2/c1-15(10-13(5-6-13)12(16)17)9-4-11-2-7-14-8-3-11/h2-3,7-8H,4-6,9-10H2,1H3,(H,16,17). The Morgan fingerprint density at radius 3 is 2.65 bits per heavy atom. The molecule has 1 saturated carbocycles. The first-order chi connectivity index (χ1) is 8.12. The number of hydrogen-bond donors (Lipinski definition) is 1. The molecule has 0 spiro atoms. The van der Waals surface area contributed by atoms with E-state index in [4.69, 9.17) is 5.11 Å². The van der Waals surface area contributed by atoms with E-state index in [-0.39, 0.29) is 0 Å². The van der Waals surface area contributed by atoms with Gasteiger partial charge in [0.1, 0.15) is 0 Å². The Morgan fingerprint density at radius 1 is 1.47 bits per heavy atom. The molecule has 1 aromatic heterocycles. The number of pyridine rings is 1. The highest BCUT2D eigenvalue weighted by Gasteiger charge is 2.50. The molecule has 0 aromatic carbocycles. The lowest BCUT2D eigenvalue weighted by atomic mass is 10.1. The third kappa shape index (κ3) is 3.03. The van der Waals surface area contributed by atoms with Crippen molar-refractivity contribution in [3.05, 3.63) is 30.1 Å². The number of aliphatic carboxylic acids is 1. The van der Waals surface area contributed by atoms with E-state index in [0.717, 1.165) is 25.8 Å². The molecule has 0 amide bonds. The first-order valence-corrected chi connectivity index (χ1v) is 5.93. The maximum absolute atomic E-state index is 11.1. The molecular formula is C13H18N2O2.